The second-order valence-corrected chi connectivity index (χ2v) is 4.63. The topological polar surface area (TPSA) is 52.1 Å². The van der Waals surface area contributed by atoms with Gasteiger partial charge in [0.25, 0.3) is 0 Å². The molecular formula is C12H15ClN2O2. The van der Waals surface area contributed by atoms with Crippen LogP contribution >= 0.6 is 11.6 Å². The highest BCUT2D eigenvalue weighted by atomic mass is 35.5. The van der Waals surface area contributed by atoms with Gasteiger partial charge in [0.1, 0.15) is 11.3 Å². The van der Waals surface area contributed by atoms with Gasteiger partial charge in [-0.3, -0.25) is 4.98 Å². The zero-order valence-corrected chi connectivity index (χ0v) is 10.3. The molecule has 17 heavy (non-hydrogen) atoms. The minimum absolute atomic E-state index is 0.0192. The molecule has 0 spiro atoms. The monoisotopic (exact) mass is 254 g/mol. The molecule has 1 fully saturated rings. The molecule has 0 unspecified atom stereocenters. The first-order chi connectivity index (χ1) is 8.25. The zero-order valence-electron chi connectivity index (χ0n) is 9.56. The summed E-state index contributed by atoms with van der Waals surface area (Å²) in [4.78, 5) is 19.5. The van der Waals surface area contributed by atoms with E-state index in [0.717, 1.165) is 25.7 Å². The predicted molar refractivity (Wildman–Crippen MR) is 63.9 cm³/mol. The molecule has 1 saturated carbocycles. The van der Waals surface area contributed by atoms with Crippen molar-refractivity contribution in [2.75, 3.05) is 0 Å². The Labute approximate surface area is 105 Å². The highest BCUT2D eigenvalue weighted by Gasteiger charge is 2.18. The van der Waals surface area contributed by atoms with Crippen LogP contribution in [0.2, 0.25) is 5.15 Å². The molecule has 1 aliphatic carbocycles. The van der Waals surface area contributed by atoms with Gasteiger partial charge in [0, 0.05) is 0 Å². The highest BCUT2D eigenvalue weighted by molar-refractivity contribution is 6.29. The molecule has 0 aromatic carbocycles. The molecule has 0 aliphatic heterocycles. The summed E-state index contributed by atoms with van der Waals surface area (Å²) in [5.74, 6) is -0.424. The van der Waals surface area contributed by atoms with E-state index in [1.807, 2.05) is 0 Å². The second kappa shape index (κ2) is 5.96. The van der Waals surface area contributed by atoms with Crippen LogP contribution < -0.4 is 0 Å². The van der Waals surface area contributed by atoms with Gasteiger partial charge in [-0.15, -0.1) is 0 Å². The normalized spacial score (nSPS) is 17.5. The van der Waals surface area contributed by atoms with Crippen molar-refractivity contribution in [2.24, 2.45) is 0 Å². The molecule has 5 heteroatoms. The third kappa shape index (κ3) is 3.66. The van der Waals surface area contributed by atoms with Crippen molar-refractivity contribution in [1.82, 2.24) is 9.97 Å². The number of hydrogen-bond donors (Lipinski definition) is 0. The van der Waals surface area contributed by atoms with E-state index in [4.69, 9.17) is 16.3 Å². The lowest BCUT2D eigenvalue weighted by Crippen LogP contribution is -2.18. The van der Waals surface area contributed by atoms with Crippen molar-refractivity contribution in [1.29, 1.82) is 0 Å². The Morgan fingerprint density at radius 3 is 2.59 bits per heavy atom. The zero-order chi connectivity index (χ0) is 12.1. The van der Waals surface area contributed by atoms with E-state index in [2.05, 4.69) is 9.97 Å². The van der Waals surface area contributed by atoms with Crippen molar-refractivity contribution in [3.8, 4) is 0 Å². The average molecular weight is 255 g/mol. The van der Waals surface area contributed by atoms with Gasteiger partial charge < -0.3 is 4.74 Å². The van der Waals surface area contributed by atoms with Gasteiger partial charge in [-0.25, -0.2) is 9.78 Å². The Morgan fingerprint density at radius 1 is 1.24 bits per heavy atom. The molecular weight excluding hydrogens is 240 g/mol. The smallest absolute Gasteiger partial charge is 0.358 e. The fourth-order valence-electron chi connectivity index (χ4n) is 2.01. The number of hydrogen-bond acceptors (Lipinski definition) is 4. The SMILES string of the molecule is O=C(OC1CCCCCC1)c1cncc(Cl)n1. The summed E-state index contributed by atoms with van der Waals surface area (Å²) in [5, 5.41) is 0.209. The van der Waals surface area contributed by atoms with E-state index in [1.54, 1.807) is 0 Å². The summed E-state index contributed by atoms with van der Waals surface area (Å²) in [7, 11) is 0. The summed E-state index contributed by atoms with van der Waals surface area (Å²) in [5.41, 5.74) is 0.182. The van der Waals surface area contributed by atoms with E-state index < -0.39 is 5.97 Å². The lowest BCUT2D eigenvalue weighted by Gasteiger charge is -2.14. The maximum atomic E-state index is 11.8. The lowest BCUT2D eigenvalue weighted by atomic mass is 10.1. The number of carbonyl (C=O) groups is 1. The van der Waals surface area contributed by atoms with Crippen molar-refractivity contribution in [2.45, 2.75) is 44.6 Å². The van der Waals surface area contributed by atoms with Gasteiger partial charge >= 0.3 is 5.97 Å². The van der Waals surface area contributed by atoms with Gasteiger partial charge in [0.15, 0.2) is 5.69 Å². The largest absolute Gasteiger partial charge is 0.458 e. The van der Waals surface area contributed by atoms with Crippen LogP contribution in [-0.4, -0.2) is 22.0 Å². The quantitative estimate of drug-likeness (QED) is 0.601. The molecule has 1 aliphatic rings. The number of nitrogens with zero attached hydrogens (tertiary/aromatic N) is 2. The number of ether oxygens (including phenoxy) is 1. The molecule has 1 heterocycles. The Balaban J connectivity index is 1.96. The number of esters is 1. The van der Waals surface area contributed by atoms with Crippen LogP contribution in [-0.2, 0) is 4.74 Å². The third-order valence-corrected chi connectivity index (χ3v) is 3.07. The average Bonchev–Trinajstić information content (AvgIpc) is 2.57. The molecule has 2 rings (SSSR count). The lowest BCUT2D eigenvalue weighted by molar-refractivity contribution is 0.0260. The van der Waals surface area contributed by atoms with E-state index in [1.165, 1.54) is 25.2 Å². The minimum Gasteiger partial charge on any atom is -0.458 e. The molecule has 0 radical (unpaired) electrons. The van der Waals surface area contributed by atoms with Crippen molar-refractivity contribution in [3.05, 3.63) is 23.2 Å². The van der Waals surface area contributed by atoms with Crippen molar-refractivity contribution in [3.63, 3.8) is 0 Å². The Bertz CT molecular complexity index is 390. The molecule has 4 nitrogen and oxygen atoms in total. The summed E-state index contributed by atoms with van der Waals surface area (Å²) in [6.07, 6.45) is 9.38. The van der Waals surface area contributed by atoms with E-state index >= 15 is 0 Å². The van der Waals surface area contributed by atoms with Gasteiger partial charge in [-0.2, -0.15) is 0 Å². The highest BCUT2D eigenvalue weighted by Crippen LogP contribution is 2.20. The van der Waals surface area contributed by atoms with Crippen LogP contribution in [0.3, 0.4) is 0 Å². The van der Waals surface area contributed by atoms with Gasteiger partial charge in [0.05, 0.1) is 12.4 Å². The molecule has 0 amide bonds. The Kier molecular flexibility index (Phi) is 4.31. The summed E-state index contributed by atoms with van der Waals surface area (Å²) >= 11 is 5.68. The first-order valence-corrected chi connectivity index (χ1v) is 6.32. The second-order valence-electron chi connectivity index (χ2n) is 4.25. The van der Waals surface area contributed by atoms with E-state index in [0.29, 0.717) is 0 Å². The van der Waals surface area contributed by atoms with Crippen LogP contribution in [0, 0.1) is 0 Å². The number of rotatable bonds is 2. The molecule has 92 valence electrons. The van der Waals surface area contributed by atoms with Crippen LogP contribution in [0.4, 0.5) is 0 Å². The standard InChI is InChI=1S/C12H15ClN2O2/c13-11-8-14-7-10(15-11)12(16)17-9-5-3-1-2-4-6-9/h7-9H,1-6H2. The summed E-state index contributed by atoms with van der Waals surface area (Å²) in [6, 6.07) is 0. The molecule has 0 N–H and O–H groups in total. The fraction of sp³-hybridized carbons (Fsp3) is 0.583. The molecule has 0 atom stereocenters. The molecule has 0 saturated heterocycles. The predicted octanol–water partition coefficient (Wildman–Crippen LogP) is 3.01. The Hall–Kier alpha value is -1.16. The first-order valence-electron chi connectivity index (χ1n) is 5.94. The maximum Gasteiger partial charge on any atom is 0.358 e. The molecule has 1 aromatic rings. The summed E-state index contributed by atoms with van der Waals surface area (Å²) < 4.78 is 5.41. The van der Waals surface area contributed by atoms with E-state index in [-0.39, 0.29) is 17.0 Å². The van der Waals surface area contributed by atoms with Crippen LogP contribution in [0.1, 0.15) is 49.0 Å². The molecule has 1 aromatic heterocycles. The van der Waals surface area contributed by atoms with E-state index in [9.17, 15) is 4.79 Å². The fourth-order valence-corrected chi connectivity index (χ4v) is 2.16. The van der Waals surface area contributed by atoms with Crippen molar-refractivity contribution >= 4 is 17.6 Å². The number of carbonyl (C=O) groups excluding carboxylic acids is 1. The van der Waals surface area contributed by atoms with Crippen LogP contribution in [0.15, 0.2) is 12.4 Å². The van der Waals surface area contributed by atoms with Crippen LogP contribution in [0.25, 0.3) is 0 Å². The van der Waals surface area contributed by atoms with Crippen LogP contribution in [0.5, 0.6) is 0 Å². The number of aromatic nitrogens is 2. The minimum atomic E-state index is -0.424. The van der Waals surface area contributed by atoms with Gasteiger partial charge in [-0.1, -0.05) is 24.4 Å². The van der Waals surface area contributed by atoms with Gasteiger partial charge in [0.2, 0.25) is 0 Å². The third-order valence-electron chi connectivity index (χ3n) is 2.89. The van der Waals surface area contributed by atoms with Gasteiger partial charge in [-0.05, 0) is 25.7 Å². The summed E-state index contributed by atoms with van der Waals surface area (Å²) in [6.45, 7) is 0. The molecule has 0 bridgehead atoms. The van der Waals surface area contributed by atoms with Crippen molar-refractivity contribution < 1.29 is 9.53 Å². The maximum absolute atomic E-state index is 11.8. The Morgan fingerprint density at radius 2 is 1.94 bits per heavy atom. The first kappa shape index (κ1) is 12.3. The number of halogens is 1.